The first kappa shape index (κ1) is 28.6. The lowest BCUT2D eigenvalue weighted by molar-refractivity contribution is 0.662. The van der Waals surface area contributed by atoms with Crippen LogP contribution < -0.4 is 4.90 Å². The van der Waals surface area contributed by atoms with Crippen molar-refractivity contribution in [3.63, 3.8) is 0 Å². The number of furan rings is 1. The second-order valence-electron chi connectivity index (χ2n) is 13.5. The van der Waals surface area contributed by atoms with Crippen LogP contribution in [0.5, 0.6) is 0 Å². The van der Waals surface area contributed by atoms with Gasteiger partial charge in [0.1, 0.15) is 11.2 Å². The molecule has 1 heterocycles. The average Bonchev–Trinajstić information content (AvgIpc) is 3.69. The van der Waals surface area contributed by atoms with Gasteiger partial charge in [-0.25, -0.2) is 0 Å². The van der Waals surface area contributed by atoms with Gasteiger partial charge in [-0.05, 0) is 99.1 Å². The van der Waals surface area contributed by atoms with E-state index in [-0.39, 0.29) is 5.41 Å². The summed E-state index contributed by atoms with van der Waals surface area (Å²) in [6, 6.07) is 65.7. The molecular weight excluding hydrogens is 607 g/mol. The fourth-order valence-electron chi connectivity index (χ4n) is 8.25. The molecule has 10 rings (SSSR count). The van der Waals surface area contributed by atoms with E-state index in [0.29, 0.717) is 0 Å². The quantitative estimate of drug-likeness (QED) is 0.186. The maximum Gasteiger partial charge on any atom is 0.137 e. The standard InChI is InChI=1S/C48H33NO/c1-48(42-18-9-7-16-39(42)40-17-8-10-19-43(40)48)36-25-29-41-46(31-36)50-45-21-11-20-44(47(41)45)49(38-28-24-33-14-5-6-15-35(33)30-38)37-26-22-34(23-27-37)32-12-3-2-4-13-32/h2-31H,1H3. The Balaban J connectivity index is 1.16. The molecule has 50 heavy (non-hydrogen) atoms. The molecule has 2 heteroatoms. The molecule has 1 aromatic heterocycles. The van der Waals surface area contributed by atoms with Crippen molar-refractivity contribution in [2.45, 2.75) is 12.3 Å². The van der Waals surface area contributed by atoms with Gasteiger partial charge in [-0.3, -0.25) is 0 Å². The average molecular weight is 640 g/mol. The number of anilines is 3. The molecule has 1 aliphatic carbocycles. The van der Waals surface area contributed by atoms with Crippen LogP contribution in [0.1, 0.15) is 23.6 Å². The Morgan fingerprint density at radius 1 is 0.460 bits per heavy atom. The van der Waals surface area contributed by atoms with E-state index in [4.69, 9.17) is 4.42 Å². The first-order chi connectivity index (χ1) is 24.7. The molecule has 0 spiro atoms. The van der Waals surface area contributed by atoms with Gasteiger partial charge in [-0.2, -0.15) is 0 Å². The third kappa shape index (κ3) is 4.28. The van der Waals surface area contributed by atoms with Crippen LogP contribution in [0.2, 0.25) is 0 Å². The van der Waals surface area contributed by atoms with Crippen LogP contribution in [-0.2, 0) is 5.41 Å². The Labute approximate surface area is 291 Å². The molecule has 0 unspecified atom stereocenters. The minimum Gasteiger partial charge on any atom is -0.456 e. The van der Waals surface area contributed by atoms with Crippen LogP contribution >= 0.6 is 0 Å². The van der Waals surface area contributed by atoms with Crippen molar-refractivity contribution >= 4 is 49.8 Å². The molecule has 0 amide bonds. The molecule has 0 fully saturated rings. The fourth-order valence-corrected chi connectivity index (χ4v) is 8.25. The molecule has 8 aromatic carbocycles. The lowest BCUT2D eigenvalue weighted by atomic mass is 9.74. The van der Waals surface area contributed by atoms with Crippen molar-refractivity contribution in [2.24, 2.45) is 0 Å². The van der Waals surface area contributed by atoms with Gasteiger partial charge in [0.15, 0.2) is 0 Å². The summed E-state index contributed by atoms with van der Waals surface area (Å²) in [5.74, 6) is 0. The van der Waals surface area contributed by atoms with E-state index in [1.54, 1.807) is 0 Å². The second kappa shape index (κ2) is 11.1. The number of fused-ring (bicyclic) bond motifs is 7. The van der Waals surface area contributed by atoms with Crippen molar-refractivity contribution in [1.82, 2.24) is 0 Å². The summed E-state index contributed by atoms with van der Waals surface area (Å²) in [6.07, 6.45) is 0. The monoisotopic (exact) mass is 639 g/mol. The number of hydrogen-bond donors (Lipinski definition) is 0. The van der Waals surface area contributed by atoms with E-state index in [1.807, 2.05) is 0 Å². The second-order valence-corrected chi connectivity index (χ2v) is 13.5. The lowest BCUT2D eigenvalue weighted by Crippen LogP contribution is -2.22. The zero-order chi connectivity index (χ0) is 33.2. The Kier molecular flexibility index (Phi) is 6.34. The highest BCUT2D eigenvalue weighted by molar-refractivity contribution is 6.13. The van der Waals surface area contributed by atoms with Gasteiger partial charge in [0.05, 0.1) is 11.1 Å². The smallest absolute Gasteiger partial charge is 0.137 e. The van der Waals surface area contributed by atoms with Gasteiger partial charge in [0, 0.05) is 22.2 Å². The predicted octanol–water partition coefficient (Wildman–Crippen LogP) is 13.2. The zero-order valence-electron chi connectivity index (χ0n) is 27.7. The minimum absolute atomic E-state index is 0.291. The fraction of sp³-hybridized carbons (Fsp3) is 0.0417. The van der Waals surface area contributed by atoms with Gasteiger partial charge in [-0.1, -0.05) is 140 Å². The highest BCUT2D eigenvalue weighted by atomic mass is 16.3. The van der Waals surface area contributed by atoms with E-state index in [0.717, 1.165) is 39.0 Å². The van der Waals surface area contributed by atoms with Gasteiger partial charge >= 0.3 is 0 Å². The maximum atomic E-state index is 6.76. The van der Waals surface area contributed by atoms with E-state index in [1.165, 1.54) is 49.7 Å². The van der Waals surface area contributed by atoms with Crippen LogP contribution in [0.25, 0.3) is 55.0 Å². The molecule has 0 saturated carbocycles. The van der Waals surface area contributed by atoms with Crippen LogP contribution in [0, 0.1) is 0 Å². The predicted molar refractivity (Wildman–Crippen MR) is 209 cm³/mol. The van der Waals surface area contributed by atoms with Crippen molar-refractivity contribution < 1.29 is 4.42 Å². The van der Waals surface area contributed by atoms with E-state index >= 15 is 0 Å². The van der Waals surface area contributed by atoms with E-state index in [9.17, 15) is 0 Å². The summed E-state index contributed by atoms with van der Waals surface area (Å²) >= 11 is 0. The van der Waals surface area contributed by atoms with Gasteiger partial charge < -0.3 is 9.32 Å². The van der Waals surface area contributed by atoms with Crippen LogP contribution in [0.4, 0.5) is 17.1 Å². The molecule has 0 bridgehead atoms. The molecular formula is C48H33NO. The molecule has 0 atom stereocenters. The lowest BCUT2D eigenvalue weighted by Gasteiger charge is -2.28. The van der Waals surface area contributed by atoms with Crippen molar-refractivity contribution in [3.05, 3.63) is 199 Å². The first-order valence-corrected chi connectivity index (χ1v) is 17.3. The van der Waals surface area contributed by atoms with Gasteiger partial charge in [0.25, 0.3) is 0 Å². The highest BCUT2D eigenvalue weighted by Crippen LogP contribution is 2.53. The number of benzene rings is 8. The third-order valence-corrected chi connectivity index (χ3v) is 10.7. The van der Waals surface area contributed by atoms with Gasteiger partial charge in [-0.15, -0.1) is 0 Å². The maximum absolute atomic E-state index is 6.76. The SMILES string of the molecule is CC1(c2ccc3c(c2)oc2cccc(N(c4ccc(-c5ccccc5)cc4)c4ccc5ccccc5c4)c23)c2ccccc2-c2ccccc21. The summed E-state index contributed by atoms with van der Waals surface area (Å²) in [7, 11) is 0. The van der Waals surface area contributed by atoms with Crippen LogP contribution in [0.15, 0.2) is 186 Å². The topological polar surface area (TPSA) is 16.4 Å². The summed E-state index contributed by atoms with van der Waals surface area (Å²) in [4.78, 5) is 2.37. The Morgan fingerprint density at radius 2 is 1.10 bits per heavy atom. The summed E-state index contributed by atoms with van der Waals surface area (Å²) in [6.45, 7) is 2.35. The normalized spacial score (nSPS) is 13.1. The Morgan fingerprint density at radius 3 is 1.86 bits per heavy atom. The first-order valence-electron chi connectivity index (χ1n) is 17.3. The third-order valence-electron chi connectivity index (χ3n) is 10.7. The molecule has 1 aliphatic rings. The number of nitrogens with zero attached hydrogens (tertiary/aromatic N) is 1. The van der Waals surface area contributed by atoms with Gasteiger partial charge in [0.2, 0.25) is 0 Å². The number of rotatable bonds is 5. The molecule has 0 N–H and O–H groups in total. The Hall–Kier alpha value is -6.38. The molecule has 2 nitrogen and oxygen atoms in total. The van der Waals surface area contributed by atoms with Crippen molar-refractivity contribution in [2.75, 3.05) is 4.90 Å². The summed E-state index contributed by atoms with van der Waals surface area (Å²) < 4.78 is 6.76. The molecule has 0 aliphatic heterocycles. The van der Waals surface area contributed by atoms with E-state index < -0.39 is 0 Å². The van der Waals surface area contributed by atoms with E-state index in [2.05, 4.69) is 194 Å². The minimum atomic E-state index is -0.291. The molecule has 236 valence electrons. The zero-order valence-corrected chi connectivity index (χ0v) is 27.7. The van der Waals surface area contributed by atoms with Crippen LogP contribution in [-0.4, -0.2) is 0 Å². The van der Waals surface area contributed by atoms with Crippen LogP contribution in [0.3, 0.4) is 0 Å². The van der Waals surface area contributed by atoms with Crippen molar-refractivity contribution in [1.29, 1.82) is 0 Å². The molecule has 9 aromatic rings. The van der Waals surface area contributed by atoms with Crippen molar-refractivity contribution in [3.8, 4) is 22.3 Å². The highest BCUT2D eigenvalue weighted by Gasteiger charge is 2.40. The largest absolute Gasteiger partial charge is 0.456 e. The summed E-state index contributed by atoms with van der Waals surface area (Å²) in [5.41, 5.74) is 13.6. The molecule has 0 radical (unpaired) electrons. The summed E-state index contributed by atoms with van der Waals surface area (Å²) in [5, 5.41) is 4.63. The Bertz CT molecular complexity index is 2670. The number of hydrogen-bond acceptors (Lipinski definition) is 2. The molecule has 0 saturated heterocycles.